The van der Waals surface area contributed by atoms with Crippen molar-refractivity contribution in [1.82, 2.24) is 9.97 Å². The van der Waals surface area contributed by atoms with Gasteiger partial charge < -0.3 is 9.47 Å². The Morgan fingerprint density at radius 2 is 1.25 bits per heavy atom. The van der Waals surface area contributed by atoms with E-state index >= 15 is 0 Å². The molecule has 0 saturated carbocycles. The average molecular weight is 380 g/mol. The third-order valence-corrected chi connectivity index (χ3v) is 3.89. The Labute approximate surface area is 162 Å². The van der Waals surface area contributed by atoms with Crippen LogP contribution in [-0.2, 0) is 9.47 Å². The molecule has 0 aliphatic rings. The van der Waals surface area contributed by atoms with Crippen LogP contribution in [0.15, 0.2) is 12.1 Å². The molecular formula is C20H20N4O4. The Bertz CT molecular complexity index is 894. The molecule has 0 spiro atoms. The van der Waals surface area contributed by atoms with Gasteiger partial charge in [0.2, 0.25) is 0 Å². The van der Waals surface area contributed by atoms with Crippen LogP contribution >= 0.6 is 0 Å². The number of ether oxygens (including phenoxy) is 2. The lowest BCUT2D eigenvalue weighted by Crippen LogP contribution is -2.19. The predicted molar refractivity (Wildman–Crippen MR) is 99.3 cm³/mol. The highest BCUT2D eigenvalue weighted by atomic mass is 16.5. The molecule has 1 heterocycles. The van der Waals surface area contributed by atoms with Crippen LogP contribution in [0, 0.1) is 22.7 Å². The zero-order valence-electron chi connectivity index (χ0n) is 15.8. The van der Waals surface area contributed by atoms with Crippen molar-refractivity contribution in [2.24, 2.45) is 0 Å². The van der Waals surface area contributed by atoms with Crippen LogP contribution in [0.25, 0.3) is 11.0 Å². The number of nitrogens with zero attached hydrogens (tertiary/aromatic N) is 4. The first-order valence-corrected chi connectivity index (χ1v) is 9.05. The molecule has 0 aliphatic carbocycles. The maximum atomic E-state index is 12.4. The summed E-state index contributed by atoms with van der Waals surface area (Å²) in [4.78, 5) is 33.3. The highest BCUT2D eigenvalue weighted by Crippen LogP contribution is 2.20. The number of aromatic nitrogens is 2. The van der Waals surface area contributed by atoms with Gasteiger partial charge in [-0.3, -0.25) is 0 Å². The van der Waals surface area contributed by atoms with E-state index in [2.05, 4.69) is 9.97 Å². The molecule has 8 heteroatoms. The molecule has 1 aromatic heterocycles. The molecule has 1 aromatic carbocycles. The smallest absolute Gasteiger partial charge is 0.359 e. The van der Waals surface area contributed by atoms with Gasteiger partial charge in [-0.15, -0.1) is 0 Å². The van der Waals surface area contributed by atoms with E-state index in [0.717, 1.165) is 12.8 Å². The predicted octanol–water partition coefficient (Wildman–Crippen LogP) is 3.29. The lowest BCUT2D eigenvalue weighted by Gasteiger charge is -2.10. The highest BCUT2D eigenvalue weighted by molar-refractivity contribution is 6.02. The van der Waals surface area contributed by atoms with E-state index in [1.165, 1.54) is 12.1 Å². The molecule has 0 radical (unpaired) electrons. The first-order valence-electron chi connectivity index (χ1n) is 9.05. The lowest BCUT2D eigenvalue weighted by molar-refractivity contribution is 0.0442. The van der Waals surface area contributed by atoms with E-state index in [9.17, 15) is 20.1 Å². The maximum Gasteiger partial charge on any atom is 0.359 e. The number of nitriles is 2. The van der Waals surface area contributed by atoms with Crippen molar-refractivity contribution < 1.29 is 19.1 Å². The number of esters is 2. The zero-order chi connectivity index (χ0) is 20.5. The third-order valence-electron chi connectivity index (χ3n) is 3.89. The number of benzene rings is 1. The first-order chi connectivity index (χ1) is 13.5. The Morgan fingerprint density at radius 3 is 1.57 bits per heavy atom. The van der Waals surface area contributed by atoms with Gasteiger partial charge in [-0.1, -0.05) is 26.7 Å². The van der Waals surface area contributed by atoms with Crippen molar-refractivity contribution in [3.05, 3.63) is 34.6 Å². The van der Waals surface area contributed by atoms with Crippen LogP contribution in [-0.4, -0.2) is 35.1 Å². The number of carbonyl (C=O) groups excluding carboxylic acids is 2. The molecule has 2 aromatic rings. The van der Waals surface area contributed by atoms with Crippen LogP contribution in [0.5, 0.6) is 0 Å². The molecule has 0 amide bonds. The SMILES string of the molecule is CCCCOC(=O)c1nc2cc(C#N)c(C#N)cc2nc1C(=O)OCCCC. The number of fused-ring (bicyclic) bond motifs is 1. The number of hydrogen-bond donors (Lipinski definition) is 0. The number of rotatable bonds is 8. The standard InChI is InChI=1S/C20H20N4O4/c1-3-5-7-27-19(25)17-18(20(26)28-8-6-4-2)24-16-10-14(12-22)13(11-21)9-15(16)23-17/h9-10H,3-8H2,1-2H3. The molecule has 0 saturated heterocycles. The molecule has 28 heavy (non-hydrogen) atoms. The normalized spacial score (nSPS) is 10.1. The van der Waals surface area contributed by atoms with Gasteiger partial charge >= 0.3 is 11.9 Å². The maximum absolute atomic E-state index is 12.4. The van der Waals surface area contributed by atoms with Crippen LogP contribution < -0.4 is 0 Å². The van der Waals surface area contributed by atoms with Gasteiger partial charge in [0.25, 0.3) is 0 Å². The monoisotopic (exact) mass is 380 g/mol. The van der Waals surface area contributed by atoms with E-state index in [-0.39, 0.29) is 46.8 Å². The fourth-order valence-corrected chi connectivity index (χ4v) is 2.33. The molecule has 0 unspecified atom stereocenters. The molecule has 8 nitrogen and oxygen atoms in total. The summed E-state index contributed by atoms with van der Waals surface area (Å²) in [5, 5.41) is 18.4. The van der Waals surface area contributed by atoms with Crippen LogP contribution in [0.1, 0.15) is 71.6 Å². The number of hydrogen-bond acceptors (Lipinski definition) is 8. The quantitative estimate of drug-likeness (QED) is 0.504. The zero-order valence-corrected chi connectivity index (χ0v) is 15.8. The summed E-state index contributed by atoms with van der Waals surface area (Å²) in [7, 11) is 0. The topological polar surface area (TPSA) is 126 Å². The fourth-order valence-electron chi connectivity index (χ4n) is 2.33. The molecular weight excluding hydrogens is 360 g/mol. The van der Waals surface area contributed by atoms with Crippen LogP contribution in [0.4, 0.5) is 0 Å². The minimum Gasteiger partial charge on any atom is -0.461 e. The molecule has 0 fully saturated rings. The Kier molecular flexibility index (Phi) is 7.41. The van der Waals surface area contributed by atoms with Gasteiger partial charge in [-0.2, -0.15) is 10.5 Å². The second-order valence-electron chi connectivity index (χ2n) is 6.01. The van der Waals surface area contributed by atoms with E-state index in [1.54, 1.807) is 0 Å². The second kappa shape index (κ2) is 9.98. The van der Waals surface area contributed by atoms with Gasteiger partial charge in [-0.25, -0.2) is 19.6 Å². The van der Waals surface area contributed by atoms with Gasteiger partial charge in [0.15, 0.2) is 11.4 Å². The van der Waals surface area contributed by atoms with E-state index in [4.69, 9.17) is 9.47 Å². The summed E-state index contributed by atoms with van der Waals surface area (Å²) in [5.41, 5.74) is 0.101. The summed E-state index contributed by atoms with van der Waals surface area (Å²) < 4.78 is 10.3. The molecule has 0 atom stereocenters. The Balaban J connectivity index is 2.53. The largest absolute Gasteiger partial charge is 0.461 e. The third kappa shape index (κ3) is 4.80. The van der Waals surface area contributed by atoms with E-state index < -0.39 is 11.9 Å². The number of unbranched alkanes of at least 4 members (excludes halogenated alkanes) is 2. The lowest BCUT2D eigenvalue weighted by atomic mass is 10.1. The van der Waals surface area contributed by atoms with Crippen molar-refractivity contribution in [2.75, 3.05) is 13.2 Å². The molecule has 2 rings (SSSR count). The number of carbonyl (C=O) groups is 2. The van der Waals surface area contributed by atoms with E-state index in [0.29, 0.717) is 12.8 Å². The Morgan fingerprint density at radius 1 is 0.857 bits per heavy atom. The fraction of sp³-hybridized carbons (Fsp3) is 0.400. The summed E-state index contributed by atoms with van der Waals surface area (Å²) in [6, 6.07) is 6.52. The molecule has 0 bridgehead atoms. The second-order valence-corrected chi connectivity index (χ2v) is 6.01. The average Bonchev–Trinajstić information content (AvgIpc) is 2.71. The summed E-state index contributed by atoms with van der Waals surface area (Å²) in [6.07, 6.45) is 3.02. The van der Waals surface area contributed by atoms with Crippen molar-refractivity contribution in [2.45, 2.75) is 39.5 Å². The van der Waals surface area contributed by atoms with Gasteiger partial charge in [-0.05, 0) is 25.0 Å². The molecule has 0 N–H and O–H groups in total. The summed E-state index contributed by atoms with van der Waals surface area (Å²) in [5.74, 6) is -1.57. The van der Waals surface area contributed by atoms with Crippen LogP contribution in [0.3, 0.4) is 0 Å². The molecule has 144 valence electrons. The highest BCUT2D eigenvalue weighted by Gasteiger charge is 2.25. The summed E-state index contributed by atoms with van der Waals surface area (Å²) in [6.45, 7) is 4.29. The Hall–Kier alpha value is -3.52. The first kappa shape index (κ1) is 20.8. The van der Waals surface area contributed by atoms with Gasteiger partial charge in [0, 0.05) is 0 Å². The van der Waals surface area contributed by atoms with Crippen LogP contribution in [0.2, 0.25) is 0 Å². The van der Waals surface area contributed by atoms with Crippen molar-refractivity contribution in [3.63, 3.8) is 0 Å². The molecule has 0 aliphatic heterocycles. The van der Waals surface area contributed by atoms with Crippen molar-refractivity contribution in [1.29, 1.82) is 10.5 Å². The minimum atomic E-state index is -0.784. The minimum absolute atomic E-state index is 0.105. The van der Waals surface area contributed by atoms with Crippen molar-refractivity contribution in [3.8, 4) is 12.1 Å². The van der Waals surface area contributed by atoms with Gasteiger partial charge in [0.05, 0.1) is 35.4 Å². The van der Waals surface area contributed by atoms with Gasteiger partial charge in [0.1, 0.15) is 12.1 Å². The van der Waals surface area contributed by atoms with E-state index in [1.807, 2.05) is 26.0 Å². The van der Waals surface area contributed by atoms with Crippen molar-refractivity contribution >= 4 is 23.0 Å². The summed E-state index contributed by atoms with van der Waals surface area (Å²) >= 11 is 0.